The molecule has 0 aliphatic carbocycles. The highest BCUT2D eigenvalue weighted by Crippen LogP contribution is 2.08. The van der Waals surface area contributed by atoms with E-state index in [2.05, 4.69) is 5.32 Å². The molecular formula is C17H24N2O4. The maximum Gasteiger partial charge on any atom is 0.320 e. The zero-order valence-corrected chi connectivity index (χ0v) is 13.5. The zero-order chi connectivity index (χ0) is 17.2. The van der Waals surface area contributed by atoms with E-state index >= 15 is 0 Å². The first-order chi connectivity index (χ1) is 10.9. The first kappa shape index (κ1) is 18.9. The van der Waals surface area contributed by atoms with E-state index in [0.29, 0.717) is 18.9 Å². The fourth-order valence-corrected chi connectivity index (χ4v) is 2.14. The van der Waals surface area contributed by atoms with Crippen LogP contribution in [0.1, 0.15) is 31.4 Å². The summed E-state index contributed by atoms with van der Waals surface area (Å²) in [6.07, 6.45) is 4.16. The van der Waals surface area contributed by atoms with Gasteiger partial charge in [0.25, 0.3) is 5.91 Å². The van der Waals surface area contributed by atoms with Crippen LogP contribution in [0.25, 0.3) is 6.08 Å². The maximum absolute atomic E-state index is 11.2. The van der Waals surface area contributed by atoms with E-state index < -0.39 is 17.9 Å². The summed E-state index contributed by atoms with van der Waals surface area (Å²) in [5.41, 5.74) is 3.45. The van der Waals surface area contributed by atoms with Gasteiger partial charge in [0, 0.05) is 6.08 Å². The van der Waals surface area contributed by atoms with E-state index in [1.165, 1.54) is 11.6 Å². The third-order valence-electron chi connectivity index (χ3n) is 3.33. The molecule has 6 heteroatoms. The van der Waals surface area contributed by atoms with Gasteiger partial charge in [-0.25, -0.2) is 5.48 Å². The molecule has 1 aromatic rings. The molecule has 1 atom stereocenters. The number of hydroxylamine groups is 1. The molecule has 4 N–H and O–H groups in total. The Morgan fingerprint density at radius 1 is 1.22 bits per heavy atom. The van der Waals surface area contributed by atoms with Crippen molar-refractivity contribution >= 4 is 18.0 Å². The highest BCUT2D eigenvalue weighted by atomic mass is 16.5. The van der Waals surface area contributed by atoms with Gasteiger partial charge in [0.1, 0.15) is 6.04 Å². The maximum atomic E-state index is 11.2. The molecule has 0 heterocycles. The van der Waals surface area contributed by atoms with Gasteiger partial charge < -0.3 is 10.4 Å². The highest BCUT2D eigenvalue weighted by molar-refractivity contribution is 5.90. The topological polar surface area (TPSA) is 98.7 Å². The molecule has 0 aromatic heterocycles. The Bertz CT molecular complexity index is 538. The van der Waals surface area contributed by atoms with Gasteiger partial charge >= 0.3 is 5.97 Å². The lowest BCUT2D eigenvalue weighted by molar-refractivity contribution is -0.139. The van der Waals surface area contributed by atoms with Crippen molar-refractivity contribution < 1.29 is 19.9 Å². The Kier molecular flexibility index (Phi) is 8.01. The normalized spacial score (nSPS) is 12.5. The molecule has 0 spiro atoms. The van der Waals surface area contributed by atoms with Gasteiger partial charge in [-0.1, -0.05) is 38.1 Å². The summed E-state index contributed by atoms with van der Waals surface area (Å²) in [5, 5.41) is 20.6. The Morgan fingerprint density at radius 2 is 1.87 bits per heavy atom. The standard InChI is InChI=1S/C17H24N2O4/c1-12(2)11-15(17(21)22)18-10-9-14-5-3-13(4-6-14)7-8-16(20)19-23/h3-8,12,15,18,23H,9-11H2,1-2H3,(H,19,20)(H,21,22)/t15-/m0/s1. The lowest BCUT2D eigenvalue weighted by Gasteiger charge is -2.16. The quantitative estimate of drug-likeness (QED) is 0.316. The Balaban J connectivity index is 2.47. The van der Waals surface area contributed by atoms with Gasteiger partial charge in [0.2, 0.25) is 0 Å². The van der Waals surface area contributed by atoms with Crippen molar-refractivity contribution in [1.82, 2.24) is 10.8 Å². The summed E-state index contributed by atoms with van der Waals surface area (Å²) < 4.78 is 0. The predicted octanol–water partition coefficient (Wildman–Crippen LogP) is 1.84. The second kappa shape index (κ2) is 9.76. The fourth-order valence-electron chi connectivity index (χ4n) is 2.14. The third kappa shape index (κ3) is 7.58. The van der Waals surface area contributed by atoms with Crippen molar-refractivity contribution in [2.75, 3.05) is 6.54 Å². The summed E-state index contributed by atoms with van der Waals surface area (Å²) in [5.74, 6) is -1.07. The first-order valence-electron chi connectivity index (χ1n) is 7.59. The largest absolute Gasteiger partial charge is 0.480 e. The number of rotatable bonds is 9. The van der Waals surface area contributed by atoms with Crippen molar-refractivity contribution in [3.8, 4) is 0 Å². The van der Waals surface area contributed by atoms with E-state index in [1.54, 1.807) is 6.08 Å². The minimum atomic E-state index is -0.818. The molecule has 0 fully saturated rings. The van der Waals surface area contributed by atoms with Gasteiger partial charge in [-0.3, -0.25) is 14.8 Å². The Morgan fingerprint density at radius 3 is 2.39 bits per heavy atom. The average molecular weight is 320 g/mol. The lowest BCUT2D eigenvalue weighted by atomic mass is 10.0. The number of amides is 1. The highest BCUT2D eigenvalue weighted by Gasteiger charge is 2.17. The zero-order valence-electron chi connectivity index (χ0n) is 13.5. The van der Waals surface area contributed by atoms with Gasteiger partial charge in [-0.2, -0.15) is 0 Å². The van der Waals surface area contributed by atoms with Gasteiger partial charge in [0.15, 0.2) is 0 Å². The van der Waals surface area contributed by atoms with Crippen LogP contribution in [0.3, 0.4) is 0 Å². The molecule has 23 heavy (non-hydrogen) atoms. The molecule has 126 valence electrons. The van der Waals surface area contributed by atoms with Crippen LogP contribution < -0.4 is 10.8 Å². The summed E-state index contributed by atoms with van der Waals surface area (Å²) >= 11 is 0. The van der Waals surface area contributed by atoms with E-state index in [4.69, 9.17) is 10.3 Å². The molecule has 0 radical (unpaired) electrons. The van der Waals surface area contributed by atoms with Crippen molar-refractivity contribution in [3.05, 3.63) is 41.5 Å². The number of carboxylic acid groups (broad SMARTS) is 1. The number of hydrogen-bond acceptors (Lipinski definition) is 4. The molecule has 0 saturated heterocycles. The third-order valence-corrected chi connectivity index (χ3v) is 3.33. The number of nitrogens with one attached hydrogen (secondary N) is 2. The number of hydrogen-bond donors (Lipinski definition) is 4. The molecule has 6 nitrogen and oxygen atoms in total. The average Bonchev–Trinajstić information content (AvgIpc) is 2.52. The summed E-state index contributed by atoms with van der Waals surface area (Å²) in [6, 6.07) is 7.06. The van der Waals surface area contributed by atoms with Gasteiger partial charge in [-0.05, 0) is 42.5 Å². The van der Waals surface area contributed by atoms with Crippen LogP contribution in [-0.2, 0) is 16.0 Å². The predicted molar refractivity (Wildman–Crippen MR) is 88.0 cm³/mol. The van der Waals surface area contributed by atoms with E-state index in [9.17, 15) is 9.59 Å². The van der Waals surface area contributed by atoms with E-state index in [1.807, 2.05) is 38.1 Å². The number of benzene rings is 1. The minimum Gasteiger partial charge on any atom is -0.480 e. The summed E-state index contributed by atoms with van der Waals surface area (Å²) in [6.45, 7) is 4.59. The van der Waals surface area contributed by atoms with E-state index in [0.717, 1.165) is 17.5 Å². The van der Waals surface area contributed by atoms with Crippen molar-refractivity contribution in [2.45, 2.75) is 32.7 Å². The summed E-state index contributed by atoms with van der Waals surface area (Å²) in [7, 11) is 0. The molecule has 0 saturated carbocycles. The molecule has 1 rings (SSSR count). The Labute approximate surface area is 136 Å². The number of carboxylic acids is 1. The molecule has 0 aliphatic heterocycles. The molecule has 0 bridgehead atoms. The number of carbonyl (C=O) groups excluding carboxylic acids is 1. The van der Waals surface area contributed by atoms with Crippen LogP contribution in [0.5, 0.6) is 0 Å². The van der Waals surface area contributed by atoms with E-state index in [-0.39, 0.29) is 0 Å². The molecular weight excluding hydrogens is 296 g/mol. The van der Waals surface area contributed by atoms with Crippen molar-refractivity contribution in [2.24, 2.45) is 5.92 Å². The lowest BCUT2D eigenvalue weighted by Crippen LogP contribution is -2.38. The minimum absolute atomic E-state index is 0.325. The number of carbonyl (C=O) groups is 2. The van der Waals surface area contributed by atoms with Crippen LogP contribution in [-0.4, -0.2) is 34.8 Å². The molecule has 1 aromatic carbocycles. The second-order valence-electron chi connectivity index (χ2n) is 5.78. The van der Waals surface area contributed by atoms with Crippen LogP contribution in [0.2, 0.25) is 0 Å². The van der Waals surface area contributed by atoms with Gasteiger partial charge in [-0.15, -0.1) is 0 Å². The smallest absolute Gasteiger partial charge is 0.320 e. The molecule has 0 aliphatic rings. The monoisotopic (exact) mass is 320 g/mol. The fraction of sp³-hybridized carbons (Fsp3) is 0.412. The number of aliphatic carboxylic acids is 1. The first-order valence-corrected chi connectivity index (χ1v) is 7.59. The Hall–Kier alpha value is -2.18. The van der Waals surface area contributed by atoms with Crippen LogP contribution in [0.15, 0.2) is 30.3 Å². The van der Waals surface area contributed by atoms with Crippen molar-refractivity contribution in [1.29, 1.82) is 0 Å². The van der Waals surface area contributed by atoms with Crippen molar-refractivity contribution in [3.63, 3.8) is 0 Å². The summed E-state index contributed by atoms with van der Waals surface area (Å²) in [4.78, 5) is 22.0. The van der Waals surface area contributed by atoms with Crippen LogP contribution >= 0.6 is 0 Å². The van der Waals surface area contributed by atoms with Crippen LogP contribution in [0, 0.1) is 5.92 Å². The molecule has 0 unspecified atom stereocenters. The van der Waals surface area contributed by atoms with Crippen LogP contribution in [0.4, 0.5) is 0 Å². The second-order valence-corrected chi connectivity index (χ2v) is 5.78. The molecule has 1 amide bonds. The SMILES string of the molecule is CC(C)C[C@H](NCCc1ccc(C=CC(=O)NO)cc1)C(=O)O. The van der Waals surface area contributed by atoms with Gasteiger partial charge in [0.05, 0.1) is 0 Å².